The summed E-state index contributed by atoms with van der Waals surface area (Å²) in [5.74, 6) is 0. The van der Waals surface area contributed by atoms with Gasteiger partial charge in [-0.05, 0) is 18.5 Å². The largest absolute Gasteiger partial charge is 0.281 e. The molecule has 1 aromatic carbocycles. The second-order valence-corrected chi connectivity index (χ2v) is 2.78. The highest BCUT2D eigenvalue weighted by molar-refractivity contribution is 6.63. The van der Waals surface area contributed by atoms with Gasteiger partial charge in [-0.25, -0.2) is 0 Å². The second-order valence-electron chi connectivity index (χ2n) is 2.36. The molecule has 0 N–H and O–H groups in total. The minimum atomic E-state index is -0.273. The van der Waals surface area contributed by atoms with Gasteiger partial charge in [-0.2, -0.15) is 0 Å². The van der Waals surface area contributed by atoms with Gasteiger partial charge in [0.15, 0.2) is 0 Å². The third-order valence-corrected chi connectivity index (χ3v) is 1.49. The predicted octanol–water partition coefficient (Wildman–Crippen LogP) is 3.16. The van der Waals surface area contributed by atoms with Crippen molar-refractivity contribution in [3.05, 3.63) is 35.9 Å². The van der Waals surface area contributed by atoms with Crippen LogP contribution in [0.2, 0.25) is 0 Å². The van der Waals surface area contributed by atoms with Gasteiger partial charge in [0.1, 0.15) is 0 Å². The fourth-order valence-corrected chi connectivity index (χ4v) is 0.534. The standard InChI is InChI=1S/C7H8.C3H5ClO/c1-7-5-3-2-4-6-7;1-2-3(4)5/h2-6H,1H3;2H2,1H3. The molecular weight excluding hydrogens is 172 g/mol. The maximum Gasteiger partial charge on any atom is 0.221 e. The van der Waals surface area contributed by atoms with Gasteiger partial charge < -0.3 is 0 Å². The predicted molar refractivity (Wildman–Crippen MR) is 52.3 cm³/mol. The molecule has 0 amide bonds. The van der Waals surface area contributed by atoms with Crippen molar-refractivity contribution in [2.24, 2.45) is 0 Å². The summed E-state index contributed by atoms with van der Waals surface area (Å²) in [6.07, 6.45) is 0.432. The molecule has 0 aliphatic carbocycles. The minimum absolute atomic E-state index is 0.273. The smallest absolute Gasteiger partial charge is 0.221 e. The lowest BCUT2D eigenvalue weighted by atomic mass is 10.2. The van der Waals surface area contributed by atoms with Crippen LogP contribution in [0.15, 0.2) is 30.3 Å². The van der Waals surface area contributed by atoms with E-state index in [9.17, 15) is 4.79 Å². The van der Waals surface area contributed by atoms with E-state index in [1.54, 1.807) is 6.92 Å². The lowest BCUT2D eigenvalue weighted by Gasteiger charge is -1.82. The molecule has 0 heterocycles. The second kappa shape index (κ2) is 6.86. The average Bonchev–Trinajstić information content (AvgIpc) is 2.07. The molecule has 0 aromatic heterocycles. The minimum Gasteiger partial charge on any atom is -0.281 e. The van der Waals surface area contributed by atoms with Gasteiger partial charge in [0.05, 0.1) is 0 Å². The number of hydrogen-bond donors (Lipinski definition) is 0. The lowest BCUT2D eigenvalue weighted by molar-refractivity contribution is -0.111. The molecule has 2 heteroatoms. The summed E-state index contributed by atoms with van der Waals surface area (Å²) in [5.41, 5.74) is 1.32. The van der Waals surface area contributed by atoms with Gasteiger partial charge in [0.2, 0.25) is 5.24 Å². The first-order valence-corrected chi connectivity index (χ1v) is 4.24. The topological polar surface area (TPSA) is 17.1 Å². The van der Waals surface area contributed by atoms with Crippen LogP contribution in [-0.2, 0) is 4.79 Å². The van der Waals surface area contributed by atoms with Crippen LogP contribution in [0.1, 0.15) is 18.9 Å². The van der Waals surface area contributed by atoms with Gasteiger partial charge in [-0.3, -0.25) is 4.79 Å². The van der Waals surface area contributed by atoms with E-state index in [0.717, 1.165) is 0 Å². The molecule has 0 aliphatic heterocycles. The molecule has 0 bridgehead atoms. The zero-order valence-electron chi connectivity index (χ0n) is 7.38. The Labute approximate surface area is 78.4 Å². The van der Waals surface area contributed by atoms with Crippen molar-refractivity contribution in [1.82, 2.24) is 0 Å². The number of halogens is 1. The highest BCUT2D eigenvalue weighted by Crippen LogP contribution is 1.92. The first-order valence-electron chi connectivity index (χ1n) is 3.86. The number of carbonyl (C=O) groups excluding carboxylic acids is 1. The summed E-state index contributed by atoms with van der Waals surface area (Å²) in [4.78, 5) is 9.58. The molecule has 0 saturated heterocycles. The molecule has 0 spiro atoms. The highest BCUT2D eigenvalue weighted by atomic mass is 35.5. The van der Waals surface area contributed by atoms with E-state index in [0.29, 0.717) is 6.42 Å². The maximum atomic E-state index is 9.58. The normalized spacial score (nSPS) is 8.25. The number of aryl methyl sites for hydroxylation is 1. The Kier molecular flexibility index (Phi) is 6.39. The van der Waals surface area contributed by atoms with Crippen molar-refractivity contribution >= 4 is 16.8 Å². The summed E-state index contributed by atoms with van der Waals surface area (Å²) < 4.78 is 0. The van der Waals surface area contributed by atoms with E-state index in [1.165, 1.54) is 5.56 Å². The third-order valence-electron chi connectivity index (χ3n) is 1.22. The maximum absolute atomic E-state index is 9.58. The molecule has 0 atom stereocenters. The van der Waals surface area contributed by atoms with Crippen molar-refractivity contribution in [3.8, 4) is 0 Å². The van der Waals surface area contributed by atoms with Crippen molar-refractivity contribution in [3.63, 3.8) is 0 Å². The van der Waals surface area contributed by atoms with Gasteiger partial charge in [0, 0.05) is 6.42 Å². The first kappa shape index (κ1) is 11.2. The van der Waals surface area contributed by atoms with Gasteiger partial charge in [0.25, 0.3) is 0 Å². The van der Waals surface area contributed by atoms with Crippen LogP contribution >= 0.6 is 11.6 Å². The monoisotopic (exact) mass is 184 g/mol. The quantitative estimate of drug-likeness (QED) is 0.613. The summed E-state index contributed by atoms with van der Waals surface area (Å²) in [6.45, 7) is 3.80. The van der Waals surface area contributed by atoms with Crippen LogP contribution < -0.4 is 0 Å². The SMILES string of the molecule is CCC(=O)Cl.Cc1ccccc1. The molecule has 1 rings (SSSR count). The molecule has 1 nitrogen and oxygen atoms in total. The molecule has 0 unspecified atom stereocenters. The average molecular weight is 185 g/mol. The van der Waals surface area contributed by atoms with E-state index in [1.807, 2.05) is 18.2 Å². The fourth-order valence-electron chi connectivity index (χ4n) is 0.534. The van der Waals surface area contributed by atoms with Crippen LogP contribution in [0.5, 0.6) is 0 Å². The van der Waals surface area contributed by atoms with Crippen LogP contribution in [0.3, 0.4) is 0 Å². The summed E-state index contributed by atoms with van der Waals surface area (Å²) in [7, 11) is 0. The molecular formula is C10H13ClO. The van der Waals surface area contributed by atoms with E-state index in [-0.39, 0.29) is 5.24 Å². The van der Waals surface area contributed by atoms with E-state index in [2.05, 4.69) is 19.1 Å². The van der Waals surface area contributed by atoms with Gasteiger partial charge >= 0.3 is 0 Å². The first-order chi connectivity index (χ1) is 5.66. The molecule has 0 fully saturated rings. The molecule has 0 saturated carbocycles. The Morgan fingerprint density at radius 3 is 1.92 bits per heavy atom. The van der Waals surface area contributed by atoms with Crippen LogP contribution in [0.4, 0.5) is 0 Å². The van der Waals surface area contributed by atoms with Crippen molar-refractivity contribution in [1.29, 1.82) is 0 Å². The van der Waals surface area contributed by atoms with Crippen LogP contribution in [0.25, 0.3) is 0 Å². The van der Waals surface area contributed by atoms with Crippen molar-refractivity contribution < 1.29 is 4.79 Å². The number of benzene rings is 1. The van der Waals surface area contributed by atoms with Gasteiger partial charge in [-0.15, -0.1) is 0 Å². The molecule has 1 aromatic rings. The Morgan fingerprint density at radius 2 is 1.75 bits per heavy atom. The van der Waals surface area contributed by atoms with Gasteiger partial charge in [-0.1, -0.05) is 42.8 Å². The van der Waals surface area contributed by atoms with Crippen molar-refractivity contribution in [2.45, 2.75) is 20.3 Å². The summed E-state index contributed by atoms with van der Waals surface area (Å²) in [6, 6.07) is 10.3. The molecule has 0 aliphatic rings. The Hall–Kier alpha value is -0.820. The van der Waals surface area contributed by atoms with Crippen molar-refractivity contribution in [2.75, 3.05) is 0 Å². The number of carbonyl (C=O) groups is 1. The van der Waals surface area contributed by atoms with Crippen LogP contribution in [-0.4, -0.2) is 5.24 Å². The molecule has 66 valence electrons. The fraction of sp³-hybridized carbons (Fsp3) is 0.300. The summed E-state index contributed by atoms with van der Waals surface area (Å²) >= 11 is 4.82. The zero-order chi connectivity index (χ0) is 9.40. The lowest BCUT2D eigenvalue weighted by Crippen LogP contribution is -1.74. The highest BCUT2D eigenvalue weighted by Gasteiger charge is 1.81. The van der Waals surface area contributed by atoms with E-state index < -0.39 is 0 Å². The third kappa shape index (κ3) is 7.29. The Balaban J connectivity index is 0.000000217. The van der Waals surface area contributed by atoms with Crippen LogP contribution in [0, 0.1) is 6.92 Å². The Morgan fingerprint density at radius 1 is 1.33 bits per heavy atom. The molecule has 0 radical (unpaired) electrons. The molecule has 12 heavy (non-hydrogen) atoms. The summed E-state index contributed by atoms with van der Waals surface area (Å²) in [5, 5.41) is -0.273. The number of hydrogen-bond acceptors (Lipinski definition) is 1. The number of rotatable bonds is 1. The van der Waals surface area contributed by atoms with E-state index in [4.69, 9.17) is 11.6 Å². The zero-order valence-corrected chi connectivity index (χ0v) is 8.14. The Bertz CT molecular complexity index is 219. The van der Waals surface area contributed by atoms with E-state index >= 15 is 0 Å².